The van der Waals surface area contributed by atoms with Crippen LogP contribution >= 0.6 is 23.4 Å². The molecular weight excluding hydrogens is 334 g/mol. The number of carbonyl (C=O) groups excluding carboxylic acids is 1. The van der Waals surface area contributed by atoms with Crippen LogP contribution in [0, 0.1) is 0 Å². The van der Waals surface area contributed by atoms with Gasteiger partial charge in [-0.2, -0.15) is 0 Å². The van der Waals surface area contributed by atoms with Gasteiger partial charge >= 0.3 is 5.63 Å². The van der Waals surface area contributed by atoms with Crippen molar-refractivity contribution in [3.8, 4) is 0 Å². The lowest BCUT2D eigenvalue weighted by molar-refractivity contribution is 0.102. The van der Waals surface area contributed by atoms with Crippen LogP contribution in [0.5, 0.6) is 0 Å². The lowest BCUT2D eigenvalue weighted by Gasteiger charge is -2.09. The van der Waals surface area contributed by atoms with Crippen molar-refractivity contribution in [3.05, 3.63) is 69.5 Å². The van der Waals surface area contributed by atoms with Gasteiger partial charge < -0.3 is 9.73 Å². The number of rotatable bonds is 3. The Morgan fingerprint density at radius 3 is 2.74 bits per heavy atom. The Morgan fingerprint density at radius 1 is 1.17 bits per heavy atom. The molecule has 0 aliphatic rings. The third-order valence-electron chi connectivity index (χ3n) is 3.29. The van der Waals surface area contributed by atoms with Crippen LogP contribution in [0.1, 0.15) is 10.4 Å². The highest BCUT2D eigenvalue weighted by molar-refractivity contribution is 7.98. The highest BCUT2D eigenvalue weighted by Gasteiger charge is 2.15. The van der Waals surface area contributed by atoms with Crippen LogP contribution in [-0.4, -0.2) is 12.2 Å². The number of hydrogen-bond acceptors (Lipinski definition) is 4. The first kappa shape index (κ1) is 15.6. The number of anilines is 1. The van der Waals surface area contributed by atoms with Gasteiger partial charge in [0.1, 0.15) is 11.1 Å². The van der Waals surface area contributed by atoms with Gasteiger partial charge in [-0.25, -0.2) is 4.79 Å². The average molecular weight is 346 g/mol. The number of amides is 1. The summed E-state index contributed by atoms with van der Waals surface area (Å²) in [4.78, 5) is 25.4. The number of benzene rings is 2. The minimum Gasteiger partial charge on any atom is -0.422 e. The maximum absolute atomic E-state index is 12.4. The van der Waals surface area contributed by atoms with E-state index in [2.05, 4.69) is 5.32 Å². The van der Waals surface area contributed by atoms with Crippen LogP contribution in [0.25, 0.3) is 11.0 Å². The second kappa shape index (κ2) is 6.48. The van der Waals surface area contributed by atoms with Crippen molar-refractivity contribution < 1.29 is 9.21 Å². The third-order valence-corrected chi connectivity index (χ3v) is 4.32. The number of hydrogen-bond donors (Lipinski definition) is 1. The van der Waals surface area contributed by atoms with Gasteiger partial charge in [-0.05, 0) is 42.7 Å². The second-order valence-electron chi connectivity index (χ2n) is 4.78. The molecule has 1 amide bonds. The molecule has 0 spiro atoms. The maximum atomic E-state index is 12.4. The molecule has 23 heavy (non-hydrogen) atoms. The van der Waals surface area contributed by atoms with Crippen molar-refractivity contribution in [3.63, 3.8) is 0 Å². The molecule has 116 valence electrons. The van der Waals surface area contributed by atoms with E-state index in [1.807, 2.05) is 24.5 Å². The average Bonchev–Trinajstić information content (AvgIpc) is 2.55. The van der Waals surface area contributed by atoms with Gasteiger partial charge in [0.15, 0.2) is 0 Å². The van der Waals surface area contributed by atoms with Gasteiger partial charge in [-0.1, -0.05) is 23.7 Å². The van der Waals surface area contributed by atoms with Gasteiger partial charge in [0.05, 0.1) is 5.69 Å². The summed E-state index contributed by atoms with van der Waals surface area (Å²) in [6.45, 7) is 0. The van der Waals surface area contributed by atoms with Gasteiger partial charge in [0.25, 0.3) is 5.91 Å². The van der Waals surface area contributed by atoms with Crippen molar-refractivity contribution in [2.75, 3.05) is 11.6 Å². The molecule has 6 heteroatoms. The Kier molecular flexibility index (Phi) is 4.41. The zero-order valence-corrected chi connectivity index (χ0v) is 13.7. The molecule has 0 radical (unpaired) electrons. The molecule has 0 saturated heterocycles. The van der Waals surface area contributed by atoms with Crippen LogP contribution in [-0.2, 0) is 0 Å². The number of halogens is 1. The molecule has 3 aromatic rings. The Balaban J connectivity index is 2.00. The highest BCUT2D eigenvalue weighted by atomic mass is 35.5. The lowest BCUT2D eigenvalue weighted by atomic mass is 10.1. The van der Waals surface area contributed by atoms with Crippen LogP contribution in [0.2, 0.25) is 5.02 Å². The molecule has 0 fully saturated rings. The van der Waals surface area contributed by atoms with E-state index >= 15 is 0 Å². The predicted octanol–water partition coefficient (Wildman–Crippen LogP) is 4.42. The molecule has 3 rings (SSSR count). The number of thioether (sulfide) groups is 1. The van der Waals surface area contributed by atoms with E-state index in [4.69, 9.17) is 16.0 Å². The minimum atomic E-state index is -0.682. The first-order chi connectivity index (χ1) is 11.1. The molecule has 1 heterocycles. The third kappa shape index (κ3) is 3.25. The first-order valence-electron chi connectivity index (χ1n) is 6.76. The monoisotopic (exact) mass is 345 g/mol. The SMILES string of the molecule is CSc1ccccc1NC(=O)c1cc2cc(Cl)ccc2oc1=O. The van der Waals surface area contributed by atoms with Crippen molar-refractivity contribution in [1.29, 1.82) is 0 Å². The summed E-state index contributed by atoms with van der Waals surface area (Å²) >= 11 is 7.44. The van der Waals surface area contributed by atoms with Crippen LogP contribution in [0.4, 0.5) is 5.69 Å². The highest BCUT2D eigenvalue weighted by Crippen LogP contribution is 2.25. The summed E-state index contributed by atoms with van der Waals surface area (Å²) in [6, 6.07) is 13.7. The summed E-state index contributed by atoms with van der Waals surface area (Å²) in [5.41, 5.74) is 0.297. The van der Waals surface area contributed by atoms with Crippen LogP contribution in [0.15, 0.2) is 62.6 Å². The number of carbonyl (C=O) groups is 1. The first-order valence-corrected chi connectivity index (χ1v) is 8.36. The standard InChI is InChI=1S/C17H12ClNO3S/c1-23-15-5-3-2-4-13(15)19-16(20)12-9-10-8-11(18)6-7-14(10)22-17(12)21/h2-9H,1H3,(H,19,20). The molecule has 0 aliphatic carbocycles. The summed E-state index contributed by atoms with van der Waals surface area (Å²) in [7, 11) is 0. The molecule has 0 aliphatic heterocycles. The van der Waals surface area contributed by atoms with Gasteiger partial charge in [-0.15, -0.1) is 11.8 Å². The van der Waals surface area contributed by atoms with Crippen LogP contribution in [0.3, 0.4) is 0 Å². The van der Waals surface area contributed by atoms with Gasteiger partial charge in [0.2, 0.25) is 0 Å². The molecule has 0 bridgehead atoms. The quantitative estimate of drug-likeness (QED) is 0.564. The van der Waals surface area contributed by atoms with E-state index in [0.29, 0.717) is 21.7 Å². The van der Waals surface area contributed by atoms with Crippen molar-refractivity contribution in [2.24, 2.45) is 0 Å². The number of para-hydroxylation sites is 1. The van der Waals surface area contributed by atoms with Crippen molar-refractivity contribution in [2.45, 2.75) is 4.90 Å². The fourth-order valence-corrected chi connectivity index (χ4v) is 2.92. The molecular formula is C17H12ClNO3S. The summed E-state index contributed by atoms with van der Waals surface area (Å²) in [6.07, 6.45) is 1.91. The van der Waals surface area contributed by atoms with Crippen molar-refractivity contribution >= 4 is 45.9 Å². The molecule has 0 atom stereocenters. The topological polar surface area (TPSA) is 59.3 Å². The van der Waals surface area contributed by atoms with Crippen LogP contribution < -0.4 is 10.9 Å². The molecule has 0 unspecified atom stereocenters. The van der Waals surface area contributed by atoms with E-state index in [1.165, 1.54) is 17.8 Å². The zero-order valence-electron chi connectivity index (χ0n) is 12.1. The van der Waals surface area contributed by atoms with Crippen molar-refractivity contribution in [1.82, 2.24) is 0 Å². The minimum absolute atomic E-state index is 0.0596. The fraction of sp³-hybridized carbons (Fsp3) is 0.0588. The van der Waals surface area contributed by atoms with Gasteiger partial charge in [-0.3, -0.25) is 4.79 Å². The Labute approximate surface area is 141 Å². The number of nitrogens with one attached hydrogen (secondary N) is 1. The van der Waals surface area contributed by atoms with Gasteiger partial charge in [0, 0.05) is 15.3 Å². The van der Waals surface area contributed by atoms with E-state index in [-0.39, 0.29) is 5.56 Å². The smallest absolute Gasteiger partial charge is 0.349 e. The van der Waals surface area contributed by atoms with E-state index in [1.54, 1.807) is 24.3 Å². The maximum Gasteiger partial charge on any atom is 0.349 e. The predicted molar refractivity (Wildman–Crippen MR) is 93.7 cm³/mol. The van der Waals surface area contributed by atoms with E-state index in [9.17, 15) is 9.59 Å². The Hall–Kier alpha value is -2.24. The zero-order chi connectivity index (χ0) is 16.4. The summed E-state index contributed by atoms with van der Waals surface area (Å²) in [5, 5.41) is 3.85. The Morgan fingerprint density at radius 2 is 1.96 bits per heavy atom. The Bertz CT molecular complexity index is 952. The van der Waals surface area contributed by atoms with E-state index in [0.717, 1.165) is 4.90 Å². The normalized spacial score (nSPS) is 10.7. The lowest BCUT2D eigenvalue weighted by Crippen LogP contribution is -2.20. The number of fused-ring (bicyclic) bond motifs is 1. The molecule has 1 aromatic heterocycles. The second-order valence-corrected chi connectivity index (χ2v) is 6.07. The molecule has 4 nitrogen and oxygen atoms in total. The molecule has 1 N–H and O–H groups in total. The van der Waals surface area contributed by atoms with E-state index < -0.39 is 11.5 Å². The summed E-state index contributed by atoms with van der Waals surface area (Å²) in [5.74, 6) is -0.512. The fourth-order valence-electron chi connectivity index (χ4n) is 2.19. The molecule has 0 saturated carbocycles. The summed E-state index contributed by atoms with van der Waals surface area (Å²) < 4.78 is 5.18. The molecule has 2 aromatic carbocycles. The largest absolute Gasteiger partial charge is 0.422 e.